The number of ether oxygens (including phenoxy) is 3. The zero-order chi connectivity index (χ0) is 19.6. The van der Waals surface area contributed by atoms with E-state index in [4.69, 9.17) is 14.2 Å². The fourth-order valence-electron chi connectivity index (χ4n) is 2.76. The molecule has 0 saturated heterocycles. The zero-order valence-corrected chi connectivity index (χ0v) is 15.9. The number of rotatable bonds is 9. The molecule has 4 nitrogen and oxygen atoms in total. The molecule has 1 atom stereocenters. The Balaban J connectivity index is 1.62. The third-order valence-corrected chi connectivity index (χ3v) is 4.16. The maximum Gasteiger partial charge on any atom is 0.347 e. The summed E-state index contributed by atoms with van der Waals surface area (Å²) in [4.78, 5) is 12.3. The second-order valence-electron chi connectivity index (χ2n) is 6.29. The third-order valence-electron chi connectivity index (χ3n) is 4.16. The molecule has 0 bridgehead atoms. The van der Waals surface area contributed by atoms with E-state index in [2.05, 4.69) is 0 Å². The van der Waals surface area contributed by atoms with Gasteiger partial charge in [0, 0.05) is 6.42 Å². The van der Waals surface area contributed by atoms with E-state index in [0.717, 1.165) is 16.9 Å². The lowest BCUT2D eigenvalue weighted by atomic mass is 10.1. The van der Waals surface area contributed by atoms with Gasteiger partial charge in [-0.15, -0.1) is 0 Å². The van der Waals surface area contributed by atoms with Crippen molar-refractivity contribution in [2.24, 2.45) is 0 Å². The van der Waals surface area contributed by atoms with Crippen molar-refractivity contribution in [1.29, 1.82) is 0 Å². The summed E-state index contributed by atoms with van der Waals surface area (Å²) >= 11 is 0. The second kappa shape index (κ2) is 10.2. The summed E-state index contributed by atoms with van der Waals surface area (Å²) in [5, 5.41) is 0. The Hall–Kier alpha value is -3.27. The van der Waals surface area contributed by atoms with Crippen LogP contribution in [0, 0.1) is 0 Å². The van der Waals surface area contributed by atoms with Crippen molar-refractivity contribution < 1.29 is 19.0 Å². The van der Waals surface area contributed by atoms with E-state index < -0.39 is 6.10 Å². The molecule has 0 spiro atoms. The predicted octanol–water partition coefficient (Wildman–Crippen LogP) is 4.82. The topological polar surface area (TPSA) is 44.8 Å². The number of hydrogen-bond acceptors (Lipinski definition) is 4. The van der Waals surface area contributed by atoms with Crippen molar-refractivity contribution in [2.45, 2.75) is 26.1 Å². The highest BCUT2D eigenvalue weighted by molar-refractivity contribution is 5.75. The fraction of sp³-hybridized carbons (Fsp3) is 0.208. The number of hydrogen-bond donors (Lipinski definition) is 0. The highest BCUT2D eigenvalue weighted by Gasteiger charge is 2.22. The van der Waals surface area contributed by atoms with Crippen LogP contribution in [0.3, 0.4) is 0 Å². The van der Waals surface area contributed by atoms with Crippen LogP contribution in [-0.2, 0) is 22.6 Å². The Labute approximate surface area is 165 Å². The Morgan fingerprint density at radius 1 is 0.786 bits per heavy atom. The lowest BCUT2D eigenvalue weighted by Gasteiger charge is -2.18. The first kappa shape index (κ1) is 19.5. The molecule has 0 aliphatic rings. The van der Waals surface area contributed by atoms with E-state index in [1.807, 2.05) is 72.8 Å². The van der Waals surface area contributed by atoms with Gasteiger partial charge in [-0.25, -0.2) is 4.79 Å². The van der Waals surface area contributed by atoms with E-state index in [1.165, 1.54) is 0 Å². The molecule has 1 unspecified atom stereocenters. The van der Waals surface area contributed by atoms with Gasteiger partial charge >= 0.3 is 5.97 Å². The summed E-state index contributed by atoms with van der Waals surface area (Å²) in [6, 6.07) is 27.0. The first-order valence-corrected chi connectivity index (χ1v) is 9.38. The molecule has 0 radical (unpaired) electrons. The Kier molecular flexibility index (Phi) is 7.08. The maximum atomic E-state index is 12.3. The summed E-state index contributed by atoms with van der Waals surface area (Å²) in [6.45, 7) is 2.61. The first-order valence-electron chi connectivity index (χ1n) is 9.38. The van der Waals surface area contributed by atoms with Gasteiger partial charge in [0.15, 0.2) is 6.10 Å². The smallest absolute Gasteiger partial charge is 0.347 e. The van der Waals surface area contributed by atoms with Crippen molar-refractivity contribution in [2.75, 3.05) is 6.61 Å². The molecular weight excluding hydrogens is 352 g/mol. The van der Waals surface area contributed by atoms with Crippen molar-refractivity contribution in [3.63, 3.8) is 0 Å². The van der Waals surface area contributed by atoms with Gasteiger partial charge in [0.1, 0.15) is 18.1 Å². The van der Waals surface area contributed by atoms with Gasteiger partial charge in [-0.1, -0.05) is 60.7 Å². The van der Waals surface area contributed by atoms with E-state index in [1.54, 1.807) is 19.1 Å². The summed E-state index contributed by atoms with van der Waals surface area (Å²) in [5.41, 5.74) is 2.12. The highest BCUT2D eigenvalue weighted by Crippen LogP contribution is 2.21. The SMILES string of the molecule is CCOC(=O)C(Cc1ccccc1)Oc1ccc(OCc2ccccc2)cc1. The summed E-state index contributed by atoms with van der Waals surface area (Å²) in [5.74, 6) is 0.976. The summed E-state index contributed by atoms with van der Waals surface area (Å²) < 4.78 is 16.9. The number of carbonyl (C=O) groups excluding carboxylic acids is 1. The second-order valence-corrected chi connectivity index (χ2v) is 6.29. The average molecular weight is 376 g/mol. The molecule has 0 N–H and O–H groups in total. The predicted molar refractivity (Wildman–Crippen MR) is 108 cm³/mol. The molecular formula is C24H24O4. The monoisotopic (exact) mass is 376 g/mol. The van der Waals surface area contributed by atoms with Crippen LogP contribution in [0.2, 0.25) is 0 Å². The van der Waals surface area contributed by atoms with Crippen LogP contribution in [-0.4, -0.2) is 18.7 Å². The average Bonchev–Trinajstić information content (AvgIpc) is 2.74. The van der Waals surface area contributed by atoms with Crippen LogP contribution in [0.25, 0.3) is 0 Å². The summed E-state index contributed by atoms with van der Waals surface area (Å²) in [6.07, 6.45) is -0.246. The summed E-state index contributed by atoms with van der Waals surface area (Å²) in [7, 11) is 0. The molecule has 144 valence electrons. The van der Waals surface area contributed by atoms with Gasteiger partial charge in [0.25, 0.3) is 0 Å². The number of benzene rings is 3. The van der Waals surface area contributed by atoms with Crippen molar-refractivity contribution in [3.05, 3.63) is 96.1 Å². The molecule has 0 fully saturated rings. The van der Waals surface area contributed by atoms with E-state index in [-0.39, 0.29) is 5.97 Å². The highest BCUT2D eigenvalue weighted by atomic mass is 16.6. The fourth-order valence-corrected chi connectivity index (χ4v) is 2.76. The van der Waals surface area contributed by atoms with E-state index in [0.29, 0.717) is 25.4 Å². The van der Waals surface area contributed by atoms with E-state index >= 15 is 0 Å². The van der Waals surface area contributed by atoms with Crippen molar-refractivity contribution >= 4 is 5.97 Å². The molecule has 0 aliphatic carbocycles. The molecule has 0 heterocycles. The Bertz CT molecular complexity index is 845. The van der Waals surface area contributed by atoms with Gasteiger partial charge in [-0.05, 0) is 42.3 Å². The Morgan fingerprint density at radius 3 is 1.96 bits per heavy atom. The lowest BCUT2D eigenvalue weighted by molar-refractivity contribution is -0.151. The van der Waals surface area contributed by atoms with Gasteiger partial charge in [-0.3, -0.25) is 0 Å². The van der Waals surface area contributed by atoms with Crippen LogP contribution in [0.4, 0.5) is 0 Å². The molecule has 4 heteroatoms. The molecule has 28 heavy (non-hydrogen) atoms. The first-order chi connectivity index (χ1) is 13.7. The van der Waals surface area contributed by atoms with Crippen LogP contribution in [0.5, 0.6) is 11.5 Å². The van der Waals surface area contributed by atoms with Gasteiger partial charge in [0.2, 0.25) is 0 Å². The molecule has 0 amide bonds. The molecule has 3 rings (SSSR count). The largest absolute Gasteiger partial charge is 0.489 e. The van der Waals surface area contributed by atoms with Crippen molar-refractivity contribution in [1.82, 2.24) is 0 Å². The zero-order valence-electron chi connectivity index (χ0n) is 15.9. The van der Waals surface area contributed by atoms with Crippen LogP contribution in [0.15, 0.2) is 84.9 Å². The third kappa shape index (κ3) is 5.88. The van der Waals surface area contributed by atoms with Crippen LogP contribution in [0.1, 0.15) is 18.1 Å². The molecule has 0 aliphatic heterocycles. The molecule has 3 aromatic rings. The normalized spacial score (nSPS) is 11.5. The van der Waals surface area contributed by atoms with Gasteiger partial charge < -0.3 is 14.2 Å². The van der Waals surface area contributed by atoms with Crippen LogP contribution >= 0.6 is 0 Å². The maximum absolute atomic E-state index is 12.3. The number of carbonyl (C=O) groups is 1. The molecule has 0 saturated carbocycles. The minimum atomic E-state index is -0.696. The quantitative estimate of drug-likeness (QED) is 0.502. The molecule has 3 aromatic carbocycles. The van der Waals surface area contributed by atoms with Crippen LogP contribution < -0.4 is 9.47 Å². The minimum absolute atomic E-state index is 0.319. The Morgan fingerprint density at radius 2 is 1.36 bits per heavy atom. The lowest BCUT2D eigenvalue weighted by Crippen LogP contribution is -2.31. The minimum Gasteiger partial charge on any atom is -0.489 e. The van der Waals surface area contributed by atoms with Gasteiger partial charge in [-0.2, -0.15) is 0 Å². The van der Waals surface area contributed by atoms with Gasteiger partial charge in [0.05, 0.1) is 6.61 Å². The van der Waals surface area contributed by atoms with Crippen molar-refractivity contribution in [3.8, 4) is 11.5 Å². The standard InChI is InChI=1S/C24H24O4/c1-2-26-24(25)23(17-19-9-5-3-6-10-19)28-22-15-13-21(14-16-22)27-18-20-11-7-4-8-12-20/h3-16,23H,2,17-18H2,1H3. The number of esters is 1. The molecule has 0 aromatic heterocycles. The van der Waals surface area contributed by atoms with E-state index in [9.17, 15) is 4.79 Å².